The SMILES string of the molecule is c1ccc(-c2ccc(-c3ccccc3N(c3ccc(-c4ccccc4)cc3)c3cccc4c3c3ccccc3n4-c3ccccc3-c3ccc4ccccc4c3)cc2)cc1. The minimum absolute atomic E-state index is 1.09. The van der Waals surface area contributed by atoms with Crippen molar-refractivity contribution in [2.45, 2.75) is 0 Å². The third-order valence-corrected chi connectivity index (χ3v) is 11.8. The summed E-state index contributed by atoms with van der Waals surface area (Å²) in [5.41, 5.74) is 16.3. The Hall–Kier alpha value is -7.94. The lowest BCUT2D eigenvalue weighted by atomic mass is 9.97. The molecule has 10 aromatic carbocycles. The minimum Gasteiger partial charge on any atom is -0.309 e. The van der Waals surface area contributed by atoms with Crippen LogP contribution in [0.5, 0.6) is 0 Å². The van der Waals surface area contributed by atoms with Crippen molar-refractivity contribution in [3.63, 3.8) is 0 Å². The van der Waals surface area contributed by atoms with E-state index >= 15 is 0 Å². The molecular formula is C58H40N2. The zero-order chi connectivity index (χ0) is 39.8. The number of para-hydroxylation sites is 3. The summed E-state index contributed by atoms with van der Waals surface area (Å²) in [7, 11) is 0. The lowest BCUT2D eigenvalue weighted by Crippen LogP contribution is -2.11. The van der Waals surface area contributed by atoms with Crippen LogP contribution in [0.15, 0.2) is 243 Å². The van der Waals surface area contributed by atoms with E-state index in [1.54, 1.807) is 0 Å². The molecule has 0 atom stereocenters. The number of hydrogen-bond donors (Lipinski definition) is 0. The number of fused-ring (bicyclic) bond motifs is 4. The van der Waals surface area contributed by atoms with Crippen molar-refractivity contribution in [1.29, 1.82) is 0 Å². The third-order valence-electron chi connectivity index (χ3n) is 11.8. The predicted molar refractivity (Wildman–Crippen MR) is 255 cm³/mol. The Bertz CT molecular complexity index is 3290. The van der Waals surface area contributed by atoms with Gasteiger partial charge in [-0.3, -0.25) is 0 Å². The van der Waals surface area contributed by atoms with E-state index in [0.29, 0.717) is 0 Å². The Labute approximate surface area is 350 Å². The highest BCUT2D eigenvalue weighted by Gasteiger charge is 2.24. The third kappa shape index (κ3) is 6.23. The van der Waals surface area contributed by atoms with Gasteiger partial charge in [0.25, 0.3) is 0 Å². The number of rotatable bonds is 8. The van der Waals surface area contributed by atoms with Crippen LogP contribution in [0.1, 0.15) is 0 Å². The molecule has 0 bridgehead atoms. The van der Waals surface area contributed by atoms with Gasteiger partial charge < -0.3 is 9.47 Å². The van der Waals surface area contributed by atoms with Gasteiger partial charge in [0.05, 0.1) is 28.1 Å². The number of hydrogen-bond acceptors (Lipinski definition) is 1. The van der Waals surface area contributed by atoms with Crippen LogP contribution in [0.3, 0.4) is 0 Å². The van der Waals surface area contributed by atoms with Gasteiger partial charge in [0.1, 0.15) is 0 Å². The van der Waals surface area contributed by atoms with E-state index in [2.05, 4.69) is 252 Å². The summed E-state index contributed by atoms with van der Waals surface area (Å²) in [6.45, 7) is 0. The number of aromatic nitrogens is 1. The van der Waals surface area contributed by atoms with Gasteiger partial charge in [-0.1, -0.05) is 194 Å². The number of anilines is 3. The number of nitrogens with zero attached hydrogens (tertiary/aromatic N) is 2. The topological polar surface area (TPSA) is 8.17 Å². The second-order valence-electron chi connectivity index (χ2n) is 15.3. The van der Waals surface area contributed by atoms with E-state index in [1.165, 1.54) is 54.9 Å². The maximum atomic E-state index is 2.46. The van der Waals surface area contributed by atoms with Gasteiger partial charge in [-0.05, 0) is 92.7 Å². The number of benzene rings is 10. The molecule has 0 radical (unpaired) electrons. The first-order valence-corrected chi connectivity index (χ1v) is 20.6. The van der Waals surface area contributed by atoms with Gasteiger partial charge in [0.2, 0.25) is 0 Å². The summed E-state index contributed by atoms with van der Waals surface area (Å²) < 4.78 is 2.46. The summed E-state index contributed by atoms with van der Waals surface area (Å²) in [5.74, 6) is 0. The summed E-state index contributed by atoms with van der Waals surface area (Å²) in [5, 5.41) is 4.87. The normalized spacial score (nSPS) is 11.3. The van der Waals surface area contributed by atoms with Crippen LogP contribution in [-0.2, 0) is 0 Å². The Morgan fingerprint density at radius 2 is 0.817 bits per heavy atom. The molecule has 282 valence electrons. The van der Waals surface area contributed by atoms with Crippen LogP contribution in [0, 0.1) is 0 Å². The first-order chi connectivity index (χ1) is 29.8. The van der Waals surface area contributed by atoms with Gasteiger partial charge in [0.15, 0.2) is 0 Å². The van der Waals surface area contributed by atoms with Gasteiger partial charge in [-0.15, -0.1) is 0 Å². The van der Waals surface area contributed by atoms with Crippen LogP contribution in [0.25, 0.3) is 82.8 Å². The fourth-order valence-corrected chi connectivity index (χ4v) is 8.94. The Morgan fingerprint density at radius 3 is 1.57 bits per heavy atom. The van der Waals surface area contributed by atoms with Crippen LogP contribution >= 0.6 is 0 Å². The van der Waals surface area contributed by atoms with E-state index < -0.39 is 0 Å². The molecule has 0 fully saturated rings. The maximum Gasteiger partial charge on any atom is 0.0562 e. The molecule has 2 heteroatoms. The molecule has 0 aliphatic carbocycles. The molecule has 0 aliphatic heterocycles. The van der Waals surface area contributed by atoms with Crippen molar-refractivity contribution in [2.75, 3.05) is 4.90 Å². The molecule has 1 heterocycles. The average Bonchev–Trinajstić information content (AvgIpc) is 3.67. The van der Waals surface area contributed by atoms with Crippen molar-refractivity contribution >= 4 is 49.6 Å². The lowest BCUT2D eigenvalue weighted by Gasteiger charge is -2.29. The smallest absolute Gasteiger partial charge is 0.0562 e. The summed E-state index contributed by atoms with van der Waals surface area (Å²) in [4.78, 5) is 2.46. The predicted octanol–water partition coefficient (Wildman–Crippen LogP) is 16.1. The zero-order valence-electron chi connectivity index (χ0n) is 33.0. The standard InChI is InChI=1S/C58H40N2/c1-3-16-41(17-4-1)44-30-33-46(34-31-44)50-22-9-12-25-53(50)59(49-38-36-45(37-39-49)42-18-5-2-6-19-42)56-28-15-29-57-58(56)52-24-11-14-27-55(52)60(57)54-26-13-10-23-51(54)48-35-32-43-20-7-8-21-47(43)40-48/h1-40H. The highest BCUT2D eigenvalue weighted by Crippen LogP contribution is 2.47. The van der Waals surface area contributed by atoms with E-state index in [1.807, 2.05) is 0 Å². The molecule has 1 aromatic heterocycles. The second-order valence-corrected chi connectivity index (χ2v) is 15.3. The van der Waals surface area contributed by atoms with Crippen LogP contribution < -0.4 is 4.90 Å². The fourth-order valence-electron chi connectivity index (χ4n) is 8.94. The quantitative estimate of drug-likeness (QED) is 0.150. The molecular weight excluding hydrogens is 725 g/mol. The molecule has 0 N–H and O–H groups in total. The highest BCUT2D eigenvalue weighted by molar-refractivity contribution is 6.17. The van der Waals surface area contributed by atoms with E-state index in [-0.39, 0.29) is 0 Å². The van der Waals surface area contributed by atoms with Gasteiger partial charge in [0, 0.05) is 27.6 Å². The first kappa shape index (κ1) is 35.2. The fraction of sp³-hybridized carbons (Fsp3) is 0. The lowest BCUT2D eigenvalue weighted by molar-refractivity contribution is 1.18. The molecule has 0 unspecified atom stereocenters. The summed E-state index contributed by atoms with van der Waals surface area (Å²) in [6.07, 6.45) is 0. The Morgan fingerprint density at radius 1 is 0.300 bits per heavy atom. The summed E-state index contributed by atoms with van der Waals surface area (Å²) in [6, 6.07) is 87.9. The van der Waals surface area contributed by atoms with Crippen molar-refractivity contribution in [1.82, 2.24) is 4.57 Å². The molecule has 0 aliphatic rings. The average molecular weight is 765 g/mol. The molecule has 11 aromatic rings. The van der Waals surface area contributed by atoms with E-state index in [9.17, 15) is 0 Å². The van der Waals surface area contributed by atoms with E-state index in [0.717, 1.165) is 44.9 Å². The van der Waals surface area contributed by atoms with Crippen LogP contribution in [-0.4, -0.2) is 4.57 Å². The molecule has 0 saturated heterocycles. The minimum atomic E-state index is 1.09. The second kappa shape index (κ2) is 15.1. The highest BCUT2D eigenvalue weighted by atomic mass is 15.2. The molecule has 11 rings (SSSR count). The molecule has 0 spiro atoms. The monoisotopic (exact) mass is 764 g/mol. The van der Waals surface area contributed by atoms with Crippen molar-refractivity contribution in [3.8, 4) is 50.2 Å². The van der Waals surface area contributed by atoms with Gasteiger partial charge in [-0.25, -0.2) is 0 Å². The largest absolute Gasteiger partial charge is 0.309 e. The van der Waals surface area contributed by atoms with Crippen molar-refractivity contribution in [3.05, 3.63) is 243 Å². The zero-order valence-corrected chi connectivity index (χ0v) is 33.0. The Balaban J connectivity index is 1.13. The van der Waals surface area contributed by atoms with E-state index in [4.69, 9.17) is 0 Å². The Kier molecular flexibility index (Phi) is 8.87. The maximum absolute atomic E-state index is 2.46. The van der Waals surface area contributed by atoms with Gasteiger partial charge >= 0.3 is 0 Å². The van der Waals surface area contributed by atoms with Gasteiger partial charge in [-0.2, -0.15) is 0 Å². The van der Waals surface area contributed by atoms with Crippen molar-refractivity contribution < 1.29 is 0 Å². The van der Waals surface area contributed by atoms with Crippen LogP contribution in [0.4, 0.5) is 17.1 Å². The molecule has 0 saturated carbocycles. The molecule has 60 heavy (non-hydrogen) atoms. The first-order valence-electron chi connectivity index (χ1n) is 20.6. The van der Waals surface area contributed by atoms with Crippen LogP contribution in [0.2, 0.25) is 0 Å². The molecule has 2 nitrogen and oxygen atoms in total. The summed E-state index contributed by atoms with van der Waals surface area (Å²) >= 11 is 0. The van der Waals surface area contributed by atoms with Crippen molar-refractivity contribution in [2.24, 2.45) is 0 Å². The molecule has 0 amide bonds.